The molecule has 2 rings (SSSR count). The van der Waals surface area contributed by atoms with Crippen LogP contribution in [0.4, 0.5) is 0 Å². The number of nitrogens with zero attached hydrogens (tertiary/aromatic N) is 2. The fraction of sp³-hybridized carbons (Fsp3) is 0.733. The first kappa shape index (κ1) is 14.3. The van der Waals surface area contributed by atoms with Gasteiger partial charge in [-0.25, -0.2) is 4.98 Å². The molecular formula is C15H25N3O. The Kier molecular flexibility index (Phi) is 4.75. The van der Waals surface area contributed by atoms with Gasteiger partial charge in [0.05, 0.1) is 12.0 Å². The predicted molar refractivity (Wildman–Crippen MR) is 76.1 cm³/mol. The van der Waals surface area contributed by atoms with E-state index in [9.17, 15) is 4.79 Å². The summed E-state index contributed by atoms with van der Waals surface area (Å²) in [6, 6.07) is 0. The Labute approximate surface area is 115 Å². The number of hydrogen-bond acceptors (Lipinski definition) is 3. The van der Waals surface area contributed by atoms with Crippen molar-refractivity contribution in [1.29, 1.82) is 0 Å². The molecule has 2 heterocycles. The van der Waals surface area contributed by atoms with Crippen molar-refractivity contribution in [2.24, 2.45) is 0 Å². The highest BCUT2D eigenvalue weighted by Crippen LogP contribution is 2.27. The number of aryl methyl sites for hydroxylation is 1. The van der Waals surface area contributed by atoms with Crippen LogP contribution in [0.5, 0.6) is 0 Å². The predicted octanol–water partition coefficient (Wildman–Crippen LogP) is 2.33. The van der Waals surface area contributed by atoms with Gasteiger partial charge in [0, 0.05) is 18.9 Å². The van der Waals surface area contributed by atoms with Crippen molar-refractivity contribution in [2.75, 3.05) is 6.54 Å². The first-order valence-electron chi connectivity index (χ1n) is 7.50. The van der Waals surface area contributed by atoms with Crippen LogP contribution in [0.25, 0.3) is 0 Å². The third-order valence-corrected chi connectivity index (χ3v) is 4.04. The van der Waals surface area contributed by atoms with E-state index >= 15 is 0 Å². The van der Waals surface area contributed by atoms with Crippen molar-refractivity contribution in [2.45, 2.75) is 64.5 Å². The van der Waals surface area contributed by atoms with Crippen LogP contribution in [0.2, 0.25) is 0 Å². The second-order valence-electron chi connectivity index (χ2n) is 5.50. The first-order valence-corrected chi connectivity index (χ1v) is 7.50. The number of Topliss-reactive ketones (excluding diaryl/α,β-unsaturated/α-hetero) is 1. The molecule has 1 saturated heterocycles. The molecule has 4 nitrogen and oxygen atoms in total. The maximum atomic E-state index is 12.7. The highest BCUT2D eigenvalue weighted by molar-refractivity contribution is 5.90. The molecule has 106 valence electrons. The van der Waals surface area contributed by atoms with Gasteiger partial charge in [-0.3, -0.25) is 4.79 Å². The summed E-state index contributed by atoms with van der Waals surface area (Å²) in [5, 5.41) is 3.45. The Morgan fingerprint density at radius 1 is 1.47 bits per heavy atom. The molecule has 0 saturated carbocycles. The molecule has 1 atom stereocenters. The SMILES string of the molecule is CCCn1ccnc1CC(=O)C1(CCC)CCCN1. The van der Waals surface area contributed by atoms with Crippen LogP contribution in [0, 0.1) is 0 Å². The van der Waals surface area contributed by atoms with Gasteiger partial charge in [0.25, 0.3) is 0 Å². The van der Waals surface area contributed by atoms with Crippen LogP contribution < -0.4 is 5.32 Å². The van der Waals surface area contributed by atoms with Gasteiger partial charge in [0.1, 0.15) is 5.82 Å². The molecule has 1 aromatic heterocycles. The quantitative estimate of drug-likeness (QED) is 0.821. The fourth-order valence-corrected chi connectivity index (χ4v) is 3.09. The molecule has 1 aliphatic heterocycles. The highest BCUT2D eigenvalue weighted by Gasteiger charge is 2.39. The normalized spacial score (nSPS) is 22.8. The molecule has 0 spiro atoms. The molecule has 0 radical (unpaired) electrons. The van der Waals surface area contributed by atoms with Gasteiger partial charge in [-0.15, -0.1) is 0 Å². The van der Waals surface area contributed by atoms with Gasteiger partial charge in [-0.1, -0.05) is 20.3 Å². The average Bonchev–Trinajstić information content (AvgIpc) is 3.01. The van der Waals surface area contributed by atoms with E-state index < -0.39 is 0 Å². The van der Waals surface area contributed by atoms with E-state index in [1.165, 1.54) is 0 Å². The van der Waals surface area contributed by atoms with E-state index in [4.69, 9.17) is 0 Å². The van der Waals surface area contributed by atoms with E-state index in [0.29, 0.717) is 12.2 Å². The minimum atomic E-state index is -0.280. The van der Waals surface area contributed by atoms with Crippen molar-refractivity contribution < 1.29 is 4.79 Å². The summed E-state index contributed by atoms with van der Waals surface area (Å²) in [4.78, 5) is 17.0. The number of carbonyl (C=O) groups is 1. The molecule has 1 aromatic rings. The van der Waals surface area contributed by atoms with Crippen molar-refractivity contribution in [3.63, 3.8) is 0 Å². The Morgan fingerprint density at radius 3 is 2.95 bits per heavy atom. The Bertz CT molecular complexity index is 419. The summed E-state index contributed by atoms with van der Waals surface area (Å²) in [5.41, 5.74) is -0.280. The molecule has 1 aliphatic rings. The Hall–Kier alpha value is -1.16. The lowest BCUT2D eigenvalue weighted by atomic mass is 9.85. The zero-order valence-corrected chi connectivity index (χ0v) is 12.1. The number of rotatable bonds is 7. The van der Waals surface area contributed by atoms with E-state index in [0.717, 1.165) is 51.0 Å². The summed E-state index contributed by atoms with van der Waals surface area (Å²) in [7, 11) is 0. The summed E-state index contributed by atoms with van der Waals surface area (Å²) in [5.74, 6) is 1.23. The lowest BCUT2D eigenvalue weighted by molar-refractivity contribution is -0.124. The maximum absolute atomic E-state index is 12.7. The van der Waals surface area contributed by atoms with Crippen molar-refractivity contribution >= 4 is 5.78 Å². The van der Waals surface area contributed by atoms with E-state index in [2.05, 4.69) is 28.7 Å². The van der Waals surface area contributed by atoms with Crippen LogP contribution in [0.15, 0.2) is 12.4 Å². The molecule has 19 heavy (non-hydrogen) atoms. The van der Waals surface area contributed by atoms with Crippen LogP contribution in [0.3, 0.4) is 0 Å². The van der Waals surface area contributed by atoms with Gasteiger partial charge in [0.2, 0.25) is 0 Å². The minimum Gasteiger partial charge on any atom is -0.335 e. The van der Waals surface area contributed by atoms with Gasteiger partial charge in [-0.2, -0.15) is 0 Å². The Morgan fingerprint density at radius 2 is 2.32 bits per heavy atom. The first-order chi connectivity index (χ1) is 9.22. The largest absolute Gasteiger partial charge is 0.335 e. The fourth-order valence-electron chi connectivity index (χ4n) is 3.09. The topological polar surface area (TPSA) is 46.9 Å². The number of nitrogens with one attached hydrogen (secondary N) is 1. The van der Waals surface area contributed by atoms with Crippen LogP contribution in [-0.2, 0) is 17.8 Å². The molecule has 0 bridgehead atoms. The van der Waals surface area contributed by atoms with Crippen LogP contribution in [0.1, 0.15) is 51.8 Å². The van der Waals surface area contributed by atoms with Crippen molar-refractivity contribution in [1.82, 2.24) is 14.9 Å². The molecule has 0 aromatic carbocycles. The second kappa shape index (κ2) is 6.33. The molecule has 0 amide bonds. The number of carbonyl (C=O) groups excluding carboxylic acids is 1. The van der Waals surface area contributed by atoms with E-state index in [1.54, 1.807) is 6.20 Å². The number of hydrogen-bond donors (Lipinski definition) is 1. The number of imidazole rings is 1. The highest BCUT2D eigenvalue weighted by atomic mass is 16.1. The monoisotopic (exact) mass is 263 g/mol. The van der Waals surface area contributed by atoms with Gasteiger partial charge in [-0.05, 0) is 32.2 Å². The molecule has 4 heteroatoms. The minimum absolute atomic E-state index is 0.280. The third kappa shape index (κ3) is 3.06. The van der Waals surface area contributed by atoms with Crippen molar-refractivity contribution in [3.05, 3.63) is 18.2 Å². The smallest absolute Gasteiger partial charge is 0.160 e. The lowest BCUT2D eigenvalue weighted by Gasteiger charge is -2.27. The standard InChI is InChI=1S/C15H25N3O/c1-3-6-15(7-5-8-17-15)13(19)12-14-16-9-11-18(14)10-4-2/h9,11,17H,3-8,10,12H2,1-2H3. The van der Waals surface area contributed by atoms with E-state index in [1.807, 2.05) is 6.20 Å². The molecule has 1 N–H and O–H groups in total. The summed E-state index contributed by atoms with van der Waals surface area (Å²) >= 11 is 0. The maximum Gasteiger partial charge on any atom is 0.160 e. The summed E-state index contributed by atoms with van der Waals surface area (Å²) < 4.78 is 2.10. The summed E-state index contributed by atoms with van der Waals surface area (Å²) in [6.45, 7) is 6.20. The molecular weight excluding hydrogens is 238 g/mol. The molecule has 0 aliphatic carbocycles. The van der Waals surface area contributed by atoms with Crippen LogP contribution in [-0.4, -0.2) is 27.4 Å². The third-order valence-electron chi connectivity index (χ3n) is 4.04. The number of ketones is 1. The van der Waals surface area contributed by atoms with Gasteiger partial charge >= 0.3 is 0 Å². The lowest BCUT2D eigenvalue weighted by Crippen LogP contribution is -2.48. The zero-order valence-electron chi connectivity index (χ0n) is 12.1. The molecule has 1 unspecified atom stereocenters. The zero-order chi connectivity index (χ0) is 13.7. The molecule has 1 fully saturated rings. The van der Waals surface area contributed by atoms with E-state index in [-0.39, 0.29) is 5.54 Å². The Balaban J connectivity index is 2.08. The van der Waals surface area contributed by atoms with Gasteiger partial charge < -0.3 is 9.88 Å². The van der Waals surface area contributed by atoms with Crippen LogP contribution >= 0.6 is 0 Å². The van der Waals surface area contributed by atoms with Gasteiger partial charge in [0.15, 0.2) is 5.78 Å². The van der Waals surface area contributed by atoms with Crippen molar-refractivity contribution in [3.8, 4) is 0 Å². The number of aromatic nitrogens is 2. The second-order valence-corrected chi connectivity index (χ2v) is 5.50. The summed E-state index contributed by atoms with van der Waals surface area (Å²) in [6.07, 6.45) is 9.37. The average molecular weight is 263 g/mol.